The average molecular weight is 264 g/mol. The molecule has 0 amide bonds. The summed E-state index contributed by atoms with van der Waals surface area (Å²) in [6.07, 6.45) is 6.39. The zero-order chi connectivity index (χ0) is 13.9. The third-order valence-electron chi connectivity index (χ3n) is 3.00. The van der Waals surface area contributed by atoms with Gasteiger partial charge in [0, 0.05) is 6.42 Å². The molecule has 3 nitrogen and oxygen atoms in total. The van der Waals surface area contributed by atoms with Crippen molar-refractivity contribution < 1.29 is 14.6 Å². The molecule has 19 heavy (non-hydrogen) atoms. The third kappa shape index (κ3) is 7.50. The van der Waals surface area contributed by atoms with Gasteiger partial charge in [0.2, 0.25) is 0 Å². The molecule has 0 aliphatic heterocycles. The quantitative estimate of drug-likeness (QED) is 0.648. The summed E-state index contributed by atoms with van der Waals surface area (Å²) < 4.78 is 5.53. The fraction of sp³-hybridized carbons (Fsp3) is 0.562. The molecule has 1 rings (SSSR count). The van der Waals surface area contributed by atoms with Crippen molar-refractivity contribution in [2.45, 2.75) is 51.9 Å². The maximum atomic E-state index is 10.3. The Bertz CT molecular complexity index is 357. The van der Waals surface area contributed by atoms with Crippen molar-refractivity contribution in [3.05, 3.63) is 29.8 Å². The summed E-state index contributed by atoms with van der Waals surface area (Å²) in [5, 5.41) is 8.52. The standard InChI is InChI=1S/C16H24O3/c1-2-13-19-15-11-9-14(10-12-15)7-5-3-4-6-8-16(17)18/h9-12H,2-8,13H2,1H3,(H,17,18). The molecule has 0 atom stereocenters. The first-order chi connectivity index (χ1) is 9.22. The van der Waals surface area contributed by atoms with E-state index < -0.39 is 5.97 Å². The van der Waals surface area contributed by atoms with E-state index >= 15 is 0 Å². The molecule has 0 fully saturated rings. The molecule has 1 aromatic carbocycles. The summed E-state index contributed by atoms with van der Waals surface area (Å²) >= 11 is 0. The van der Waals surface area contributed by atoms with Crippen LogP contribution in [0.5, 0.6) is 5.75 Å². The molecule has 1 N–H and O–H groups in total. The number of hydrogen-bond donors (Lipinski definition) is 1. The second kappa shape index (κ2) is 9.42. The van der Waals surface area contributed by atoms with Gasteiger partial charge in [-0.15, -0.1) is 0 Å². The minimum atomic E-state index is -0.692. The largest absolute Gasteiger partial charge is 0.494 e. The predicted molar refractivity (Wildman–Crippen MR) is 76.7 cm³/mol. The lowest BCUT2D eigenvalue weighted by molar-refractivity contribution is -0.137. The Morgan fingerprint density at radius 1 is 1.11 bits per heavy atom. The summed E-state index contributed by atoms with van der Waals surface area (Å²) in [7, 11) is 0. The number of benzene rings is 1. The normalized spacial score (nSPS) is 10.4. The van der Waals surface area contributed by atoms with E-state index in [0.717, 1.165) is 50.9 Å². The Labute approximate surface area is 115 Å². The molecule has 0 saturated carbocycles. The highest BCUT2D eigenvalue weighted by molar-refractivity contribution is 5.66. The van der Waals surface area contributed by atoms with Gasteiger partial charge in [0.1, 0.15) is 5.75 Å². The molecule has 1 aromatic rings. The number of carbonyl (C=O) groups is 1. The van der Waals surface area contributed by atoms with Crippen LogP contribution in [0.1, 0.15) is 51.0 Å². The van der Waals surface area contributed by atoms with Crippen molar-refractivity contribution in [2.24, 2.45) is 0 Å². The van der Waals surface area contributed by atoms with Gasteiger partial charge in [-0.1, -0.05) is 31.9 Å². The second-order valence-electron chi connectivity index (χ2n) is 4.80. The number of aliphatic carboxylic acids is 1. The first-order valence-electron chi connectivity index (χ1n) is 7.16. The van der Waals surface area contributed by atoms with Crippen LogP contribution in [0.4, 0.5) is 0 Å². The van der Waals surface area contributed by atoms with Crippen LogP contribution in [0, 0.1) is 0 Å². The number of unbranched alkanes of at least 4 members (excludes halogenated alkanes) is 3. The zero-order valence-electron chi connectivity index (χ0n) is 11.7. The predicted octanol–water partition coefficient (Wildman–Crippen LogP) is 4.05. The number of ether oxygens (including phenoxy) is 1. The van der Waals surface area contributed by atoms with Gasteiger partial charge in [0.25, 0.3) is 0 Å². The summed E-state index contributed by atoms with van der Waals surface area (Å²) in [6.45, 7) is 2.86. The molecule has 0 unspecified atom stereocenters. The third-order valence-corrected chi connectivity index (χ3v) is 3.00. The molecule has 0 saturated heterocycles. The van der Waals surface area contributed by atoms with E-state index in [1.165, 1.54) is 5.56 Å². The highest BCUT2D eigenvalue weighted by Gasteiger charge is 1.98. The lowest BCUT2D eigenvalue weighted by Crippen LogP contribution is -1.95. The summed E-state index contributed by atoms with van der Waals surface area (Å²) in [5.74, 6) is 0.245. The summed E-state index contributed by atoms with van der Waals surface area (Å²) in [4.78, 5) is 10.3. The van der Waals surface area contributed by atoms with Gasteiger partial charge in [0.05, 0.1) is 6.61 Å². The van der Waals surface area contributed by atoms with Crippen LogP contribution in [-0.2, 0) is 11.2 Å². The van der Waals surface area contributed by atoms with Gasteiger partial charge in [-0.25, -0.2) is 0 Å². The molecule has 106 valence electrons. The molecular formula is C16H24O3. The second-order valence-corrected chi connectivity index (χ2v) is 4.80. The number of carboxylic acid groups (broad SMARTS) is 1. The van der Waals surface area contributed by atoms with Crippen molar-refractivity contribution in [3.8, 4) is 5.75 Å². The van der Waals surface area contributed by atoms with Crippen LogP contribution >= 0.6 is 0 Å². The van der Waals surface area contributed by atoms with E-state index in [1.807, 2.05) is 12.1 Å². The maximum Gasteiger partial charge on any atom is 0.303 e. The topological polar surface area (TPSA) is 46.5 Å². The Hall–Kier alpha value is -1.51. The van der Waals surface area contributed by atoms with Gasteiger partial charge in [-0.05, 0) is 43.4 Å². The van der Waals surface area contributed by atoms with Crippen LogP contribution in [-0.4, -0.2) is 17.7 Å². The number of rotatable bonds is 10. The van der Waals surface area contributed by atoms with E-state index in [4.69, 9.17) is 9.84 Å². The average Bonchev–Trinajstić information content (AvgIpc) is 2.41. The van der Waals surface area contributed by atoms with Gasteiger partial charge in [-0.3, -0.25) is 4.79 Å². The number of carboxylic acids is 1. The minimum absolute atomic E-state index is 0.295. The lowest BCUT2D eigenvalue weighted by Gasteiger charge is -2.06. The summed E-state index contributed by atoms with van der Waals surface area (Å²) in [5.41, 5.74) is 1.32. The van der Waals surface area contributed by atoms with Crippen molar-refractivity contribution >= 4 is 5.97 Å². The van der Waals surface area contributed by atoms with Crippen LogP contribution < -0.4 is 4.74 Å². The fourth-order valence-electron chi connectivity index (χ4n) is 1.93. The van der Waals surface area contributed by atoms with Gasteiger partial charge in [0.15, 0.2) is 0 Å². The van der Waals surface area contributed by atoms with E-state index in [0.29, 0.717) is 6.42 Å². The fourth-order valence-corrected chi connectivity index (χ4v) is 1.93. The van der Waals surface area contributed by atoms with E-state index in [-0.39, 0.29) is 0 Å². The number of aryl methyl sites for hydroxylation is 1. The van der Waals surface area contributed by atoms with Crippen LogP contribution in [0.2, 0.25) is 0 Å². The van der Waals surface area contributed by atoms with Crippen molar-refractivity contribution in [1.29, 1.82) is 0 Å². The Balaban J connectivity index is 2.14. The van der Waals surface area contributed by atoms with Crippen molar-refractivity contribution in [3.63, 3.8) is 0 Å². The number of hydrogen-bond acceptors (Lipinski definition) is 2. The monoisotopic (exact) mass is 264 g/mol. The molecule has 0 radical (unpaired) electrons. The van der Waals surface area contributed by atoms with Gasteiger partial charge < -0.3 is 9.84 Å². The Morgan fingerprint density at radius 3 is 2.42 bits per heavy atom. The minimum Gasteiger partial charge on any atom is -0.494 e. The van der Waals surface area contributed by atoms with E-state index in [2.05, 4.69) is 19.1 Å². The molecule has 0 spiro atoms. The smallest absolute Gasteiger partial charge is 0.303 e. The van der Waals surface area contributed by atoms with Crippen molar-refractivity contribution in [1.82, 2.24) is 0 Å². The molecule has 0 heterocycles. The van der Waals surface area contributed by atoms with E-state index in [9.17, 15) is 4.79 Å². The van der Waals surface area contributed by atoms with Crippen LogP contribution in [0.15, 0.2) is 24.3 Å². The SMILES string of the molecule is CCCOc1ccc(CCCCCCC(=O)O)cc1. The van der Waals surface area contributed by atoms with Crippen LogP contribution in [0.3, 0.4) is 0 Å². The molecule has 0 aliphatic carbocycles. The molecular weight excluding hydrogens is 240 g/mol. The highest BCUT2D eigenvalue weighted by Crippen LogP contribution is 2.15. The van der Waals surface area contributed by atoms with Crippen LogP contribution in [0.25, 0.3) is 0 Å². The van der Waals surface area contributed by atoms with Crippen molar-refractivity contribution in [2.75, 3.05) is 6.61 Å². The van der Waals surface area contributed by atoms with Gasteiger partial charge in [-0.2, -0.15) is 0 Å². The maximum absolute atomic E-state index is 10.3. The molecule has 0 aromatic heterocycles. The first kappa shape index (κ1) is 15.5. The Morgan fingerprint density at radius 2 is 1.79 bits per heavy atom. The van der Waals surface area contributed by atoms with E-state index in [1.54, 1.807) is 0 Å². The summed E-state index contributed by atoms with van der Waals surface area (Å²) in [6, 6.07) is 8.27. The Kier molecular flexibility index (Phi) is 7.71. The lowest BCUT2D eigenvalue weighted by atomic mass is 10.1. The molecule has 3 heteroatoms. The highest BCUT2D eigenvalue weighted by atomic mass is 16.5. The molecule has 0 aliphatic rings. The van der Waals surface area contributed by atoms with Gasteiger partial charge >= 0.3 is 5.97 Å². The first-order valence-corrected chi connectivity index (χ1v) is 7.16. The molecule has 0 bridgehead atoms. The zero-order valence-corrected chi connectivity index (χ0v) is 11.7.